The fourth-order valence-corrected chi connectivity index (χ4v) is 4.19. The van der Waals surface area contributed by atoms with Gasteiger partial charge >= 0.3 is 11.8 Å². The average molecular weight is 673 g/mol. The van der Waals surface area contributed by atoms with E-state index in [-0.39, 0.29) is 12.5 Å². The molecule has 3 N–H and O–H groups in total. The molecule has 0 heterocycles. The van der Waals surface area contributed by atoms with Crippen LogP contribution in [0.5, 0.6) is 17.2 Å². The summed E-state index contributed by atoms with van der Waals surface area (Å²) in [4.78, 5) is 36.8. The van der Waals surface area contributed by atoms with Crippen LogP contribution in [0, 0.1) is 10.5 Å². The number of hydrogen-bond acceptors (Lipinski definition) is 7. The van der Waals surface area contributed by atoms with Gasteiger partial charge in [-0.05, 0) is 97.0 Å². The van der Waals surface area contributed by atoms with E-state index in [9.17, 15) is 14.4 Å². The van der Waals surface area contributed by atoms with E-state index < -0.39 is 11.8 Å². The fourth-order valence-electron chi connectivity index (χ4n) is 3.41. The number of unbranched alkanes of at least 4 members (excludes halogenated alkanes) is 1. The molecule has 0 aromatic heterocycles. The third kappa shape index (κ3) is 10.4. The molecule has 0 saturated carbocycles. The second kappa shape index (κ2) is 16.2. The molecule has 0 fully saturated rings. The number of hydrogen-bond donors (Lipinski definition) is 3. The number of carbonyl (C=O) groups excluding carboxylic acids is 3. The molecule has 10 nitrogen and oxygen atoms in total. The molecule has 0 aliphatic carbocycles. The van der Waals surface area contributed by atoms with Crippen molar-refractivity contribution in [1.29, 1.82) is 0 Å². The van der Waals surface area contributed by atoms with Gasteiger partial charge < -0.3 is 24.8 Å². The zero-order chi connectivity index (χ0) is 29.6. The Labute approximate surface area is 253 Å². The topological polar surface area (TPSA) is 127 Å². The van der Waals surface area contributed by atoms with Crippen LogP contribution in [0.15, 0.2) is 65.8 Å². The van der Waals surface area contributed by atoms with Gasteiger partial charge in [0.25, 0.3) is 5.91 Å². The molecule has 0 saturated heterocycles. The summed E-state index contributed by atoms with van der Waals surface area (Å²) >= 11 is 2.07. The third-order valence-electron chi connectivity index (χ3n) is 5.48. The van der Waals surface area contributed by atoms with Crippen molar-refractivity contribution in [3.05, 3.63) is 75.4 Å². The van der Waals surface area contributed by atoms with E-state index in [4.69, 9.17) is 14.2 Å². The van der Waals surface area contributed by atoms with Gasteiger partial charge in [-0.15, -0.1) is 0 Å². The highest BCUT2D eigenvalue weighted by Crippen LogP contribution is 2.34. The Kier molecular flexibility index (Phi) is 12.4. The van der Waals surface area contributed by atoms with Crippen LogP contribution in [0.4, 0.5) is 11.4 Å². The fraction of sp³-hybridized carbons (Fsp3) is 0.267. The first-order valence-electron chi connectivity index (χ1n) is 13.1. The van der Waals surface area contributed by atoms with Crippen LogP contribution in [0.1, 0.15) is 37.8 Å². The van der Waals surface area contributed by atoms with Gasteiger partial charge in [0.05, 0.1) is 23.0 Å². The van der Waals surface area contributed by atoms with Crippen LogP contribution in [0.2, 0.25) is 0 Å². The van der Waals surface area contributed by atoms with E-state index in [1.165, 1.54) is 6.21 Å². The normalized spacial score (nSPS) is 10.6. The van der Waals surface area contributed by atoms with Crippen molar-refractivity contribution in [2.24, 2.45) is 5.10 Å². The standard InChI is InChI=1S/C30H33IN4O6/c1-4-6-15-40-24-13-11-23(12-14-24)34-29(37)30(38)35-32-18-21-16-25(31)28(26(17-21)39-5-2)41-19-27(36)33-22-9-7-20(3)8-10-22/h7-14,16-18H,4-6,15,19H2,1-3H3,(H,33,36)(H,34,37)(H,35,38)/b32-18-. The number of nitrogens with one attached hydrogen (secondary N) is 3. The highest BCUT2D eigenvalue weighted by Gasteiger charge is 2.15. The summed E-state index contributed by atoms with van der Waals surface area (Å²) in [6.45, 7) is 6.65. The van der Waals surface area contributed by atoms with E-state index in [1.54, 1.807) is 36.4 Å². The first kappa shape index (κ1) is 31.4. The number of hydrazone groups is 1. The van der Waals surface area contributed by atoms with Crippen LogP contribution in [0.25, 0.3) is 0 Å². The van der Waals surface area contributed by atoms with Crippen LogP contribution >= 0.6 is 22.6 Å². The lowest BCUT2D eigenvalue weighted by molar-refractivity contribution is -0.136. The molecular formula is C30H33IN4O6. The summed E-state index contributed by atoms with van der Waals surface area (Å²) in [6.07, 6.45) is 3.37. The minimum absolute atomic E-state index is 0.211. The molecule has 0 aliphatic rings. The van der Waals surface area contributed by atoms with Gasteiger partial charge in [0, 0.05) is 11.4 Å². The number of rotatable bonds is 13. The maximum atomic E-state index is 12.4. The van der Waals surface area contributed by atoms with Crippen molar-refractivity contribution < 1.29 is 28.6 Å². The average Bonchev–Trinajstić information content (AvgIpc) is 2.95. The molecule has 11 heteroatoms. The van der Waals surface area contributed by atoms with E-state index in [1.807, 2.05) is 38.1 Å². The largest absolute Gasteiger partial charge is 0.494 e. The molecule has 0 spiro atoms. The number of amides is 3. The van der Waals surface area contributed by atoms with Crippen molar-refractivity contribution in [1.82, 2.24) is 5.43 Å². The molecule has 41 heavy (non-hydrogen) atoms. The lowest BCUT2D eigenvalue weighted by Gasteiger charge is -2.14. The lowest BCUT2D eigenvalue weighted by Crippen LogP contribution is -2.32. The molecule has 216 valence electrons. The van der Waals surface area contributed by atoms with Crippen LogP contribution < -0.4 is 30.3 Å². The number of ether oxygens (including phenoxy) is 3. The van der Waals surface area contributed by atoms with Gasteiger partial charge in [-0.3, -0.25) is 14.4 Å². The zero-order valence-corrected chi connectivity index (χ0v) is 25.3. The number of carbonyl (C=O) groups is 3. The summed E-state index contributed by atoms with van der Waals surface area (Å²) in [5, 5.41) is 9.20. The molecular weight excluding hydrogens is 639 g/mol. The van der Waals surface area contributed by atoms with Gasteiger partial charge in [-0.25, -0.2) is 5.43 Å². The molecule has 0 unspecified atom stereocenters. The number of benzene rings is 3. The van der Waals surface area contributed by atoms with Crippen molar-refractivity contribution in [3.63, 3.8) is 0 Å². The minimum Gasteiger partial charge on any atom is -0.494 e. The van der Waals surface area contributed by atoms with Gasteiger partial charge in [0.2, 0.25) is 0 Å². The third-order valence-corrected chi connectivity index (χ3v) is 6.28. The summed E-state index contributed by atoms with van der Waals surface area (Å²) in [7, 11) is 0. The molecule has 3 aromatic rings. The molecule has 3 amide bonds. The highest BCUT2D eigenvalue weighted by atomic mass is 127. The Hall–Kier alpha value is -4.13. The van der Waals surface area contributed by atoms with Crippen LogP contribution in [-0.2, 0) is 14.4 Å². The van der Waals surface area contributed by atoms with Crippen LogP contribution in [-0.4, -0.2) is 43.8 Å². The highest BCUT2D eigenvalue weighted by molar-refractivity contribution is 14.1. The van der Waals surface area contributed by atoms with Crippen molar-refractivity contribution in [2.75, 3.05) is 30.5 Å². The first-order chi connectivity index (χ1) is 19.8. The SMILES string of the molecule is CCCCOc1ccc(NC(=O)C(=O)N/N=C\c2cc(I)c(OCC(=O)Nc3ccc(C)cc3)c(OCC)c2)cc1. The second-order valence-corrected chi connectivity index (χ2v) is 10.0. The summed E-state index contributed by atoms with van der Waals surface area (Å²) in [6, 6.07) is 17.6. The predicted octanol–water partition coefficient (Wildman–Crippen LogP) is 5.28. The smallest absolute Gasteiger partial charge is 0.329 e. The lowest BCUT2D eigenvalue weighted by atomic mass is 10.2. The maximum absolute atomic E-state index is 12.4. The number of anilines is 2. The van der Waals surface area contributed by atoms with Gasteiger partial charge in [0.15, 0.2) is 18.1 Å². The van der Waals surface area contributed by atoms with Gasteiger partial charge in [-0.1, -0.05) is 31.0 Å². The molecule has 3 aromatic carbocycles. The molecule has 0 bridgehead atoms. The molecule has 0 aliphatic heterocycles. The maximum Gasteiger partial charge on any atom is 0.329 e. The van der Waals surface area contributed by atoms with Gasteiger partial charge in [-0.2, -0.15) is 5.10 Å². The Balaban J connectivity index is 1.55. The van der Waals surface area contributed by atoms with E-state index in [0.29, 0.717) is 51.0 Å². The summed E-state index contributed by atoms with van der Waals surface area (Å²) < 4.78 is 17.7. The second-order valence-electron chi connectivity index (χ2n) is 8.85. The number of halogens is 1. The Bertz CT molecular complexity index is 1360. The summed E-state index contributed by atoms with van der Waals surface area (Å²) in [5.41, 5.74) is 5.03. The van der Waals surface area contributed by atoms with Crippen LogP contribution in [0.3, 0.4) is 0 Å². The predicted molar refractivity (Wildman–Crippen MR) is 167 cm³/mol. The quantitative estimate of drug-likeness (QED) is 0.0746. The minimum atomic E-state index is -0.927. The zero-order valence-electron chi connectivity index (χ0n) is 23.2. The molecule has 0 radical (unpaired) electrons. The van der Waals surface area contributed by atoms with Crippen molar-refractivity contribution in [3.8, 4) is 17.2 Å². The van der Waals surface area contributed by atoms with E-state index in [0.717, 1.165) is 18.4 Å². The Morgan fingerprint density at radius 3 is 2.24 bits per heavy atom. The van der Waals surface area contributed by atoms with Crippen molar-refractivity contribution in [2.45, 2.75) is 33.6 Å². The molecule has 3 rings (SSSR count). The first-order valence-corrected chi connectivity index (χ1v) is 14.2. The summed E-state index contributed by atoms with van der Waals surface area (Å²) in [5.74, 6) is -0.588. The monoisotopic (exact) mass is 672 g/mol. The number of aryl methyl sites for hydroxylation is 1. The van der Waals surface area contributed by atoms with E-state index >= 15 is 0 Å². The Morgan fingerprint density at radius 1 is 0.878 bits per heavy atom. The molecule has 0 atom stereocenters. The van der Waals surface area contributed by atoms with Gasteiger partial charge in [0.1, 0.15) is 5.75 Å². The van der Waals surface area contributed by atoms with Crippen molar-refractivity contribution >= 4 is 57.9 Å². The Morgan fingerprint density at radius 2 is 1.56 bits per heavy atom. The number of nitrogens with zero attached hydrogens (tertiary/aromatic N) is 1. The van der Waals surface area contributed by atoms with E-state index in [2.05, 4.69) is 50.7 Å².